The molecular formula is C14H15N3O3S. The van der Waals surface area contributed by atoms with Gasteiger partial charge in [0.1, 0.15) is 6.04 Å². The highest BCUT2D eigenvalue weighted by Gasteiger charge is 2.31. The fourth-order valence-electron chi connectivity index (χ4n) is 2.80. The third kappa shape index (κ3) is 2.08. The molecule has 2 amide bonds. The highest BCUT2D eigenvalue weighted by Crippen LogP contribution is 2.28. The van der Waals surface area contributed by atoms with Crippen LogP contribution in [0.4, 0.5) is 0 Å². The molecule has 2 aromatic rings. The third-order valence-corrected chi connectivity index (χ3v) is 4.58. The Morgan fingerprint density at radius 1 is 1.29 bits per heavy atom. The summed E-state index contributed by atoms with van der Waals surface area (Å²) < 4.78 is 3.06. The Bertz CT molecular complexity index is 806. The van der Waals surface area contributed by atoms with Gasteiger partial charge in [0.25, 0.3) is 0 Å². The second kappa shape index (κ2) is 5.07. The van der Waals surface area contributed by atoms with E-state index in [0.717, 1.165) is 15.9 Å². The predicted octanol–water partition coefficient (Wildman–Crippen LogP) is 1.04. The molecule has 0 radical (unpaired) electrons. The van der Waals surface area contributed by atoms with Gasteiger partial charge in [-0.1, -0.05) is 6.07 Å². The Morgan fingerprint density at radius 2 is 2.05 bits per heavy atom. The molecule has 6 nitrogen and oxygen atoms in total. The minimum Gasteiger partial charge on any atom is -0.295 e. The number of fused-ring (bicyclic) bond motifs is 1. The number of rotatable bonds is 2. The van der Waals surface area contributed by atoms with Crippen molar-refractivity contribution >= 4 is 34.6 Å². The highest BCUT2D eigenvalue weighted by molar-refractivity contribution is 7.98. The summed E-state index contributed by atoms with van der Waals surface area (Å²) in [6.07, 6.45) is 2.55. The van der Waals surface area contributed by atoms with Gasteiger partial charge in [-0.15, -0.1) is 11.8 Å². The maximum Gasteiger partial charge on any atom is 0.329 e. The number of piperidine rings is 1. The van der Waals surface area contributed by atoms with E-state index in [2.05, 4.69) is 5.32 Å². The largest absolute Gasteiger partial charge is 0.329 e. The molecule has 21 heavy (non-hydrogen) atoms. The van der Waals surface area contributed by atoms with Crippen molar-refractivity contribution in [2.45, 2.75) is 23.8 Å². The first-order chi connectivity index (χ1) is 10.0. The molecule has 2 heterocycles. The molecule has 1 aromatic carbocycles. The molecule has 0 bridgehead atoms. The summed E-state index contributed by atoms with van der Waals surface area (Å²) in [5.41, 5.74) is 1.31. The van der Waals surface area contributed by atoms with Crippen molar-refractivity contribution in [2.24, 2.45) is 7.05 Å². The highest BCUT2D eigenvalue weighted by atomic mass is 32.2. The van der Waals surface area contributed by atoms with Gasteiger partial charge in [0.2, 0.25) is 11.8 Å². The second-order valence-electron chi connectivity index (χ2n) is 5.01. The van der Waals surface area contributed by atoms with Crippen LogP contribution in [0.2, 0.25) is 0 Å². The normalized spacial score (nSPS) is 19.0. The molecule has 0 aliphatic carbocycles. The van der Waals surface area contributed by atoms with Crippen LogP contribution in [-0.4, -0.2) is 27.2 Å². The van der Waals surface area contributed by atoms with Gasteiger partial charge in [-0.2, -0.15) is 0 Å². The zero-order chi connectivity index (χ0) is 15.1. The lowest BCUT2D eigenvalue weighted by atomic mass is 10.1. The molecule has 0 saturated carbocycles. The molecule has 0 spiro atoms. The van der Waals surface area contributed by atoms with Gasteiger partial charge in [0.15, 0.2) is 0 Å². The Labute approximate surface area is 125 Å². The number of nitrogens with one attached hydrogen (secondary N) is 1. The van der Waals surface area contributed by atoms with E-state index in [1.54, 1.807) is 23.4 Å². The number of aryl methyl sites for hydroxylation is 1. The van der Waals surface area contributed by atoms with Gasteiger partial charge < -0.3 is 0 Å². The Balaban J connectivity index is 2.24. The molecule has 1 aliphatic heterocycles. The van der Waals surface area contributed by atoms with Gasteiger partial charge in [0.05, 0.1) is 11.0 Å². The van der Waals surface area contributed by atoms with Crippen molar-refractivity contribution in [2.75, 3.05) is 6.26 Å². The predicted molar refractivity (Wildman–Crippen MR) is 80.4 cm³/mol. The van der Waals surface area contributed by atoms with Crippen LogP contribution < -0.4 is 11.0 Å². The van der Waals surface area contributed by atoms with Crippen molar-refractivity contribution in [3.8, 4) is 0 Å². The maximum atomic E-state index is 12.5. The summed E-state index contributed by atoms with van der Waals surface area (Å²) in [7, 11) is 1.70. The summed E-state index contributed by atoms with van der Waals surface area (Å²) in [6.45, 7) is 0. The zero-order valence-corrected chi connectivity index (χ0v) is 12.6. The van der Waals surface area contributed by atoms with Crippen molar-refractivity contribution < 1.29 is 9.59 Å². The average Bonchev–Trinajstić information content (AvgIpc) is 2.72. The number of benzene rings is 1. The first-order valence-corrected chi connectivity index (χ1v) is 7.84. The lowest BCUT2D eigenvalue weighted by molar-refractivity contribution is -0.135. The number of para-hydroxylation sites is 1. The van der Waals surface area contributed by atoms with E-state index in [1.807, 2.05) is 24.5 Å². The fraction of sp³-hybridized carbons (Fsp3) is 0.357. The van der Waals surface area contributed by atoms with Gasteiger partial charge in [-0.3, -0.25) is 24.0 Å². The van der Waals surface area contributed by atoms with E-state index >= 15 is 0 Å². The number of nitrogens with zero attached hydrogens (tertiary/aromatic N) is 2. The molecule has 7 heteroatoms. The maximum absolute atomic E-state index is 12.5. The van der Waals surface area contributed by atoms with Crippen LogP contribution in [0.15, 0.2) is 27.9 Å². The minimum atomic E-state index is -0.629. The molecule has 1 aliphatic rings. The van der Waals surface area contributed by atoms with E-state index in [9.17, 15) is 14.4 Å². The quantitative estimate of drug-likeness (QED) is 0.664. The van der Waals surface area contributed by atoms with Crippen LogP contribution >= 0.6 is 11.8 Å². The van der Waals surface area contributed by atoms with Gasteiger partial charge in [-0.05, 0) is 24.8 Å². The molecule has 0 unspecified atom stereocenters. The van der Waals surface area contributed by atoms with Crippen molar-refractivity contribution in [3.63, 3.8) is 0 Å². The molecule has 110 valence electrons. The topological polar surface area (TPSA) is 73.1 Å². The van der Waals surface area contributed by atoms with Crippen molar-refractivity contribution in [1.82, 2.24) is 14.5 Å². The molecule has 1 N–H and O–H groups in total. The minimum absolute atomic E-state index is 0.235. The summed E-state index contributed by atoms with van der Waals surface area (Å²) >= 11 is 1.55. The van der Waals surface area contributed by atoms with Crippen LogP contribution in [0, 0.1) is 0 Å². The fourth-order valence-corrected chi connectivity index (χ4v) is 3.45. The lowest BCUT2D eigenvalue weighted by Gasteiger charge is -2.21. The summed E-state index contributed by atoms with van der Waals surface area (Å²) in [5.74, 6) is -0.690. The summed E-state index contributed by atoms with van der Waals surface area (Å²) in [4.78, 5) is 36.9. The van der Waals surface area contributed by atoms with Crippen LogP contribution in [0.3, 0.4) is 0 Å². The summed E-state index contributed by atoms with van der Waals surface area (Å²) in [6, 6.07) is 5.02. The molecule has 1 atom stereocenters. The lowest BCUT2D eigenvalue weighted by Crippen LogP contribution is -2.44. The van der Waals surface area contributed by atoms with Crippen molar-refractivity contribution in [3.05, 3.63) is 28.7 Å². The monoisotopic (exact) mass is 305 g/mol. The molecular weight excluding hydrogens is 290 g/mol. The van der Waals surface area contributed by atoms with Gasteiger partial charge in [0, 0.05) is 18.4 Å². The van der Waals surface area contributed by atoms with Gasteiger partial charge in [-0.25, -0.2) is 4.79 Å². The number of imide groups is 1. The van der Waals surface area contributed by atoms with Crippen LogP contribution in [0.25, 0.3) is 11.0 Å². The van der Waals surface area contributed by atoms with Gasteiger partial charge >= 0.3 is 5.69 Å². The molecule has 3 rings (SSSR count). The van der Waals surface area contributed by atoms with Crippen molar-refractivity contribution in [1.29, 1.82) is 0 Å². The molecule has 1 saturated heterocycles. The van der Waals surface area contributed by atoms with E-state index in [4.69, 9.17) is 0 Å². The number of carbonyl (C=O) groups excluding carboxylic acids is 2. The van der Waals surface area contributed by atoms with Crippen LogP contribution in [-0.2, 0) is 16.6 Å². The van der Waals surface area contributed by atoms with Crippen LogP contribution in [0.5, 0.6) is 0 Å². The van der Waals surface area contributed by atoms with Crippen LogP contribution in [0.1, 0.15) is 18.9 Å². The van der Waals surface area contributed by atoms with E-state index in [-0.39, 0.29) is 18.0 Å². The summed E-state index contributed by atoms with van der Waals surface area (Å²) in [5, 5.41) is 2.31. The van der Waals surface area contributed by atoms with E-state index in [0.29, 0.717) is 6.42 Å². The number of carbonyl (C=O) groups is 2. The first kappa shape index (κ1) is 13.9. The Kier molecular flexibility index (Phi) is 3.36. The van der Waals surface area contributed by atoms with E-state index in [1.165, 1.54) is 4.57 Å². The number of thioether (sulfide) groups is 1. The second-order valence-corrected chi connectivity index (χ2v) is 5.85. The Hall–Kier alpha value is -2.02. The number of amides is 2. The number of imidazole rings is 1. The number of hydrogen-bond acceptors (Lipinski definition) is 4. The third-order valence-electron chi connectivity index (χ3n) is 3.81. The number of aromatic nitrogens is 2. The van der Waals surface area contributed by atoms with E-state index < -0.39 is 11.9 Å². The molecule has 1 aromatic heterocycles. The average molecular weight is 305 g/mol. The molecule has 1 fully saturated rings. The smallest absolute Gasteiger partial charge is 0.295 e. The Morgan fingerprint density at radius 3 is 2.71 bits per heavy atom. The first-order valence-electron chi connectivity index (χ1n) is 6.62. The number of hydrogen-bond donors (Lipinski definition) is 1. The SMILES string of the molecule is CSc1cccc2c1n(C)c(=O)n2[C@H]1CCC(=O)NC1=O. The standard InChI is InChI=1S/C14H15N3O3S/c1-16-12-8(4-3-5-10(12)21-2)17(14(16)20)9-6-7-11(18)15-13(9)19/h3-5,9H,6-7H2,1-2H3,(H,15,18,19)/t9-/m0/s1. The zero-order valence-electron chi connectivity index (χ0n) is 11.8.